The van der Waals surface area contributed by atoms with Gasteiger partial charge in [0.25, 0.3) is 0 Å². The summed E-state index contributed by atoms with van der Waals surface area (Å²) in [6, 6.07) is 0. The number of aromatic nitrogens is 2. The van der Waals surface area contributed by atoms with Crippen molar-refractivity contribution in [1.82, 2.24) is 14.5 Å². The van der Waals surface area contributed by atoms with E-state index in [0.29, 0.717) is 0 Å². The summed E-state index contributed by atoms with van der Waals surface area (Å²) in [5.41, 5.74) is 0.973. The molecule has 1 aromatic heterocycles. The Kier molecular flexibility index (Phi) is 4.76. The van der Waals surface area contributed by atoms with Gasteiger partial charge in [-0.3, -0.25) is 4.90 Å². The number of nitrogens with zero attached hydrogens (tertiary/aromatic N) is 3. The van der Waals surface area contributed by atoms with Crippen LogP contribution in [-0.2, 0) is 11.3 Å². The Bertz CT molecular complexity index is 407. The highest BCUT2D eigenvalue weighted by molar-refractivity contribution is 7.10. The molecule has 19 heavy (non-hydrogen) atoms. The predicted octanol–water partition coefficient (Wildman–Crippen LogP) is 2.36. The van der Waals surface area contributed by atoms with Gasteiger partial charge in [0.05, 0.1) is 11.7 Å². The van der Waals surface area contributed by atoms with E-state index in [1.807, 2.05) is 0 Å². The molecule has 0 spiro atoms. The van der Waals surface area contributed by atoms with Crippen molar-refractivity contribution in [2.45, 2.75) is 52.4 Å². The summed E-state index contributed by atoms with van der Waals surface area (Å²) in [5, 5.41) is 8.77. The average molecular weight is 284 g/mol. The minimum absolute atomic E-state index is 0.0852. The second-order valence-corrected chi connectivity index (χ2v) is 6.59. The molecule has 0 aliphatic carbocycles. The van der Waals surface area contributed by atoms with Crippen molar-refractivity contribution >= 4 is 16.5 Å². The lowest BCUT2D eigenvalue weighted by Gasteiger charge is -2.41. The van der Waals surface area contributed by atoms with E-state index in [9.17, 15) is 0 Å². The molecule has 0 aromatic carbocycles. The van der Waals surface area contributed by atoms with Crippen molar-refractivity contribution in [2.75, 3.05) is 25.0 Å². The van der Waals surface area contributed by atoms with Crippen LogP contribution in [0.3, 0.4) is 0 Å². The van der Waals surface area contributed by atoms with Crippen LogP contribution >= 0.6 is 11.5 Å². The molecule has 108 valence electrons. The van der Waals surface area contributed by atoms with E-state index in [-0.39, 0.29) is 11.7 Å². The lowest BCUT2D eigenvalue weighted by Crippen LogP contribution is -2.51. The first-order valence-corrected chi connectivity index (χ1v) is 7.73. The van der Waals surface area contributed by atoms with Crippen molar-refractivity contribution in [3.05, 3.63) is 5.69 Å². The summed E-state index contributed by atoms with van der Waals surface area (Å²) < 4.78 is 9.99. The molecule has 2 heterocycles. The van der Waals surface area contributed by atoms with Gasteiger partial charge in [0, 0.05) is 37.7 Å². The Morgan fingerprint density at radius 3 is 3.00 bits per heavy atom. The Morgan fingerprint density at radius 1 is 1.53 bits per heavy atom. The predicted molar refractivity (Wildman–Crippen MR) is 78.6 cm³/mol. The highest BCUT2D eigenvalue weighted by Crippen LogP contribution is 2.25. The Hall–Kier alpha value is -0.720. The van der Waals surface area contributed by atoms with Crippen LogP contribution in [0.15, 0.2) is 0 Å². The van der Waals surface area contributed by atoms with Crippen molar-refractivity contribution in [3.63, 3.8) is 0 Å². The molecule has 1 unspecified atom stereocenters. The second-order valence-electron chi connectivity index (χ2n) is 5.83. The summed E-state index contributed by atoms with van der Waals surface area (Å²) >= 11 is 1.45. The van der Waals surface area contributed by atoms with Gasteiger partial charge in [-0.1, -0.05) is 11.4 Å². The normalized spacial score (nSPS) is 23.5. The number of morpholine rings is 1. The maximum Gasteiger partial charge on any atom is 0.134 e. The van der Waals surface area contributed by atoms with Crippen LogP contribution in [0, 0.1) is 0 Å². The second kappa shape index (κ2) is 6.15. The van der Waals surface area contributed by atoms with Crippen molar-refractivity contribution in [2.24, 2.45) is 0 Å². The van der Waals surface area contributed by atoms with Crippen molar-refractivity contribution < 1.29 is 4.74 Å². The van der Waals surface area contributed by atoms with Crippen LogP contribution in [-0.4, -0.2) is 45.8 Å². The number of ether oxygens (including phenoxy) is 1. The van der Waals surface area contributed by atoms with E-state index >= 15 is 0 Å². The fourth-order valence-corrected chi connectivity index (χ4v) is 3.20. The van der Waals surface area contributed by atoms with Crippen LogP contribution in [0.4, 0.5) is 5.00 Å². The lowest BCUT2D eigenvalue weighted by molar-refractivity contribution is -0.130. The van der Waals surface area contributed by atoms with Gasteiger partial charge in [-0.2, -0.15) is 0 Å². The zero-order chi connectivity index (χ0) is 13.9. The molecule has 1 aliphatic rings. The van der Waals surface area contributed by atoms with Crippen molar-refractivity contribution in [3.8, 4) is 0 Å². The number of hydrogen-bond donors (Lipinski definition) is 1. The van der Waals surface area contributed by atoms with E-state index in [1.54, 1.807) is 0 Å². The summed E-state index contributed by atoms with van der Waals surface area (Å²) in [6.07, 6.45) is 1.38. The standard InChI is InChI=1S/C13H24N4OS/c1-5-6-14-12-11(15-16-19-12)8-17-7-10(2)18-13(3,4)9-17/h10,14H,5-9H2,1-4H3. The highest BCUT2D eigenvalue weighted by Gasteiger charge is 2.31. The third kappa shape index (κ3) is 4.12. The molecular formula is C13H24N4OS. The molecule has 5 nitrogen and oxygen atoms in total. The first kappa shape index (κ1) is 14.7. The fraction of sp³-hybridized carbons (Fsp3) is 0.846. The van der Waals surface area contributed by atoms with Gasteiger partial charge in [-0.05, 0) is 27.2 Å². The van der Waals surface area contributed by atoms with E-state index in [2.05, 4.69) is 47.5 Å². The minimum Gasteiger partial charge on any atom is -0.374 e. The zero-order valence-corrected chi connectivity index (χ0v) is 13.1. The monoisotopic (exact) mass is 284 g/mol. The Morgan fingerprint density at radius 2 is 2.32 bits per heavy atom. The molecule has 2 rings (SSSR count). The maximum atomic E-state index is 5.93. The first-order valence-electron chi connectivity index (χ1n) is 6.95. The smallest absolute Gasteiger partial charge is 0.134 e. The molecule has 1 aliphatic heterocycles. The third-order valence-electron chi connectivity index (χ3n) is 3.10. The molecule has 0 radical (unpaired) electrons. The van der Waals surface area contributed by atoms with E-state index in [4.69, 9.17) is 4.74 Å². The maximum absolute atomic E-state index is 5.93. The van der Waals surface area contributed by atoms with Gasteiger partial charge in [0.15, 0.2) is 0 Å². The molecule has 0 saturated carbocycles. The molecule has 0 bridgehead atoms. The zero-order valence-electron chi connectivity index (χ0n) is 12.3. The van der Waals surface area contributed by atoms with Crippen LogP contribution in [0.2, 0.25) is 0 Å². The van der Waals surface area contributed by atoms with Crippen LogP contribution in [0.1, 0.15) is 39.8 Å². The highest BCUT2D eigenvalue weighted by atomic mass is 32.1. The van der Waals surface area contributed by atoms with E-state index in [1.165, 1.54) is 11.5 Å². The average Bonchev–Trinajstić information content (AvgIpc) is 2.71. The largest absolute Gasteiger partial charge is 0.374 e. The Labute approximate surface area is 119 Å². The number of anilines is 1. The third-order valence-corrected chi connectivity index (χ3v) is 3.83. The number of hydrogen-bond acceptors (Lipinski definition) is 6. The van der Waals surface area contributed by atoms with Gasteiger partial charge in [0.2, 0.25) is 0 Å². The lowest BCUT2D eigenvalue weighted by atomic mass is 10.1. The topological polar surface area (TPSA) is 50.3 Å². The summed E-state index contributed by atoms with van der Waals surface area (Å²) in [7, 11) is 0. The minimum atomic E-state index is -0.0852. The van der Waals surface area contributed by atoms with E-state index < -0.39 is 0 Å². The number of nitrogens with one attached hydrogen (secondary N) is 1. The molecule has 6 heteroatoms. The molecule has 1 aromatic rings. The molecule has 1 N–H and O–H groups in total. The number of rotatable bonds is 5. The summed E-state index contributed by atoms with van der Waals surface area (Å²) in [4.78, 5) is 2.40. The molecule has 1 atom stereocenters. The molecule has 1 saturated heterocycles. The SMILES string of the molecule is CCCNc1snnc1CN1CC(C)OC(C)(C)C1. The molecular weight excluding hydrogens is 260 g/mol. The van der Waals surface area contributed by atoms with Gasteiger partial charge in [0.1, 0.15) is 10.7 Å². The van der Waals surface area contributed by atoms with Gasteiger partial charge in [-0.15, -0.1) is 5.10 Å². The van der Waals surface area contributed by atoms with Gasteiger partial charge < -0.3 is 10.1 Å². The fourth-order valence-electron chi connectivity index (χ4n) is 2.60. The van der Waals surface area contributed by atoms with Gasteiger partial charge in [-0.25, -0.2) is 0 Å². The van der Waals surface area contributed by atoms with Crippen LogP contribution < -0.4 is 5.32 Å². The van der Waals surface area contributed by atoms with Crippen LogP contribution in [0.5, 0.6) is 0 Å². The molecule has 1 fully saturated rings. The first-order chi connectivity index (χ1) is 9.00. The Balaban J connectivity index is 1.98. The summed E-state index contributed by atoms with van der Waals surface area (Å²) in [6.45, 7) is 12.3. The molecule has 0 amide bonds. The van der Waals surface area contributed by atoms with Crippen molar-refractivity contribution in [1.29, 1.82) is 0 Å². The van der Waals surface area contributed by atoms with E-state index in [0.717, 1.165) is 43.3 Å². The van der Waals surface area contributed by atoms with Gasteiger partial charge >= 0.3 is 0 Å². The summed E-state index contributed by atoms with van der Waals surface area (Å²) in [5.74, 6) is 0. The quantitative estimate of drug-likeness (QED) is 0.899. The van der Waals surface area contributed by atoms with Crippen LogP contribution in [0.25, 0.3) is 0 Å².